The first-order valence-electron chi connectivity index (χ1n) is 4.23. The number of anilines is 1. The Balaban J connectivity index is 2.34. The van der Waals surface area contributed by atoms with Crippen LogP contribution in [-0.4, -0.2) is 19.2 Å². The number of carbonyl (C=O) groups is 1. The number of nitriles is 1. The molecule has 0 spiro atoms. The number of carbonyl (C=O) groups excluding carboxylic acids is 1. The maximum Gasteiger partial charge on any atom is 0.345 e. The number of esters is 1. The fourth-order valence-corrected chi connectivity index (χ4v) is 0.861. The number of hydrogen-bond donors (Lipinski definition) is 1. The molecule has 0 heterocycles. The Bertz CT molecular complexity index is 367. The van der Waals surface area contributed by atoms with Crippen molar-refractivity contribution in [2.75, 3.05) is 18.9 Å². The van der Waals surface area contributed by atoms with Crippen molar-refractivity contribution in [2.24, 2.45) is 0 Å². The molecular weight excluding hydrogens is 196 g/mol. The Morgan fingerprint density at radius 2 is 2.07 bits per heavy atom. The lowest BCUT2D eigenvalue weighted by molar-refractivity contribution is -0.144. The number of nitrogen functional groups attached to an aromatic ring is 1. The summed E-state index contributed by atoms with van der Waals surface area (Å²) in [7, 11) is 0. The van der Waals surface area contributed by atoms with Gasteiger partial charge in [0.1, 0.15) is 11.8 Å². The molecule has 78 valence electrons. The van der Waals surface area contributed by atoms with Crippen molar-refractivity contribution in [1.82, 2.24) is 0 Å². The minimum Gasteiger partial charge on any atom is -0.482 e. The highest BCUT2D eigenvalue weighted by atomic mass is 16.6. The Morgan fingerprint density at radius 1 is 1.40 bits per heavy atom. The highest BCUT2D eigenvalue weighted by Crippen LogP contribution is 2.12. The summed E-state index contributed by atoms with van der Waals surface area (Å²) in [5.41, 5.74) is 6.08. The van der Waals surface area contributed by atoms with Crippen LogP contribution < -0.4 is 10.5 Å². The molecule has 0 atom stereocenters. The van der Waals surface area contributed by atoms with Crippen LogP contribution in [0, 0.1) is 11.3 Å². The van der Waals surface area contributed by atoms with Crippen LogP contribution in [0.1, 0.15) is 0 Å². The molecule has 0 saturated heterocycles. The number of rotatable bonds is 4. The van der Waals surface area contributed by atoms with E-state index in [9.17, 15) is 4.79 Å². The summed E-state index contributed by atoms with van der Waals surface area (Å²) in [6, 6.07) is 8.31. The van der Waals surface area contributed by atoms with Gasteiger partial charge >= 0.3 is 5.97 Å². The van der Waals surface area contributed by atoms with E-state index in [2.05, 4.69) is 4.74 Å². The zero-order valence-electron chi connectivity index (χ0n) is 7.97. The summed E-state index contributed by atoms with van der Waals surface area (Å²) in [5, 5.41) is 8.15. The molecule has 0 amide bonds. The van der Waals surface area contributed by atoms with Gasteiger partial charge in [-0.15, -0.1) is 0 Å². The molecule has 0 aliphatic carbocycles. The Kier molecular flexibility index (Phi) is 3.98. The lowest BCUT2D eigenvalue weighted by atomic mass is 10.3. The largest absolute Gasteiger partial charge is 0.482 e. The van der Waals surface area contributed by atoms with E-state index in [1.807, 2.05) is 0 Å². The van der Waals surface area contributed by atoms with E-state index in [0.29, 0.717) is 11.4 Å². The first-order valence-corrected chi connectivity index (χ1v) is 4.23. The van der Waals surface area contributed by atoms with E-state index in [4.69, 9.17) is 15.7 Å². The molecule has 1 aromatic rings. The molecule has 5 nitrogen and oxygen atoms in total. The highest BCUT2D eigenvalue weighted by molar-refractivity contribution is 5.71. The standard InChI is InChI=1S/C10H10N2O3/c11-5-6-14-10(13)7-15-9-3-1-8(12)2-4-9/h1-4H,6-7,12H2. The second-order valence-electron chi connectivity index (χ2n) is 2.68. The number of benzene rings is 1. The molecule has 0 unspecified atom stereocenters. The Labute approximate surface area is 87.0 Å². The third-order valence-electron chi connectivity index (χ3n) is 1.53. The fraction of sp³-hybridized carbons (Fsp3) is 0.200. The predicted octanol–water partition coefficient (Wildman–Crippen LogP) is 0.714. The summed E-state index contributed by atoms with van der Waals surface area (Å²) in [5.74, 6) is -0.0496. The van der Waals surface area contributed by atoms with Gasteiger partial charge in [0.15, 0.2) is 13.2 Å². The van der Waals surface area contributed by atoms with Gasteiger partial charge in [0.05, 0.1) is 0 Å². The molecular formula is C10H10N2O3. The van der Waals surface area contributed by atoms with Gasteiger partial charge in [0, 0.05) is 5.69 Å². The average molecular weight is 206 g/mol. The van der Waals surface area contributed by atoms with Gasteiger partial charge < -0.3 is 15.2 Å². The third kappa shape index (κ3) is 4.00. The van der Waals surface area contributed by atoms with Gasteiger partial charge in [-0.25, -0.2) is 4.79 Å². The minimum atomic E-state index is -0.576. The maximum atomic E-state index is 10.9. The Morgan fingerprint density at radius 3 is 2.67 bits per heavy atom. The number of ether oxygens (including phenoxy) is 2. The van der Waals surface area contributed by atoms with Gasteiger partial charge in [0.2, 0.25) is 0 Å². The molecule has 0 bridgehead atoms. The van der Waals surface area contributed by atoms with Crippen LogP contribution in [0.15, 0.2) is 24.3 Å². The summed E-state index contributed by atoms with van der Waals surface area (Å²) >= 11 is 0. The summed E-state index contributed by atoms with van der Waals surface area (Å²) in [6.45, 7) is -0.477. The van der Waals surface area contributed by atoms with Gasteiger partial charge in [-0.1, -0.05) is 0 Å². The van der Waals surface area contributed by atoms with Crippen molar-refractivity contribution < 1.29 is 14.3 Å². The number of nitrogens with zero attached hydrogens (tertiary/aromatic N) is 1. The zero-order valence-corrected chi connectivity index (χ0v) is 7.97. The Hall–Kier alpha value is -2.22. The number of nitrogens with two attached hydrogens (primary N) is 1. The molecule has 1 aromatic carbocycles. The zero-order chi connectivity index (χ0) is 11.1. The molecule has 0 aromatic heterocycles. The van der Waals surface area contributed by atoms with Crippen LogP contribution in [-0.2, 0) is 9.53 Å². The SMILES string of the molecule is N#CCOC(=O)COc1ccc(N)cc1. The van der Waals surface area contributed by atoms with E-state index in [1.54, 1.807) is 30.3 Å². The van der Waals surface area contributed by atoms with Crippen LogP contribution in [0.4, 0.5) is 5.69 Å². The van der Waals surface area contributed by atoms with Gasteiger partial charge in [0.25, 0.3) is 0 Å². The highest BCUT2D eigenvalue weighted by Gasteiger charge is 2.03. The normalized spacial score (nSPS) is 9.00. The molecule has 0 saturated carbocycles. The van der Waals surface area contributed by atoms with Crippen molar-refractivity contribution in [1.29, 1.82) is 5.26 Å². The monoisotopic (exact) mass is 206 g/mol. The molecule has 1 rings (SSSR count). The topological polar surface area (TPSA) is 85.3 Å². The first kappa shape index (κ1) is 10.9. The lowest BCUT2D eigenvalue weighted by Gasteiger charge is -2.04. The average Bonchev–Trinajstić information content (AvgIpc) is 2.25. The smallest absolute Gasteiger partial charge is 0.345 e. The molecule has 0 aliphatic rings. The molecule has 5 heteroatoms. The van der Waals surface area contributed by atoms with Gasteiger partial charge in [-0.2, -0.15) is 5.26 Å². The van der Waals surface area contributed by atoms with Gasteiger partial charge in [-0.3, -0.25) is 0 Å². The lowest BCUT2D eigenvalue weighted by Crippen LogP contribution is -2.14. The van der Waals surface area contributed by atoms with E-state index in [1.165, 1.54) is 0 Å². The van der Waals surface area contributed by atoms with Crippen LogP contribution in [0.3, 0.4) is 0 Å². The molecule has 0 fully saturated rings. The van der Waals surface area contributed by atoms with Gasteiger partial charge in [-0.05, 0) is 24.3 Å². The van der Waals surface area contributed by atoms with E-state index in [0.717, 1.165) is 0 Å². The minimum absolute atomic E-state index is 0.217. The third-order valence-corrected chi connectivity index (χ3v) is 1.53. The van der Waals surface area contributed by atoms with Crippen LogP contribution in [0.2, 0.25) is 0 Å². The van der Waals surface area contributed by atoms with Crippen LogP contribution >= 0.6 is 0 Å². The van der Waals surface area contributed by atoms with Crippen molar-refractivity contribution in [2.45, 2.75) is 0 Å². The van der Waals surface area contributed by atoms with Crippen LogP contribution in [0.25, 0.3) is 0 Å². The van der Waals surface area contributed by atoms with E-state index in [-0.39, 0.29) is 13.2 Å². The molecule has 15 heavy (non-hydrogen) atoms. The van der Waals surface area contributed by atoms with Crippen LogP contribution in [0.5, 0.6) is 5.75 Å². The van der Waals surface area contributed by atoms with E-state index >= 15 is 0 Å². The summed E-state index contributed by atoms with van der Waals surface area (Å²) < 4.78 is 9.57. The second kappa shape index (κ2) is 5.50. The quantitative estimate of drug-likeness (QED) is 0.579. The predicted molar refractivity (Wildman–Crippen MR) is 52.9 cm³/mol. The molecule has 2 N–H and O–H groups in total. The van der Waals surface area contributed by atoms with Crippen molar-refractivity contribution in [3.8, 4) is 11.8 Å². The van der Waals surface area contributed by atoms with Crippen molar-refractivity contribution in [3.05, 3.63) is 24.3 Å². The summed E-state index contributed by atoms with van der Waals surface area (Å²) in [4.78, 5) is 10.9. The summed E-state index contributed by atoms with van der Waals surface area (Å²) in [6.07, 6.45) is 0. The first-order chi connectivity index (χ1) is 7.22. The van der Waals surface area contributed by atoms with Crippen molar-refractivity contribution >= 4 is 11.7 Å². The molecule has 0 aliphatic heterocycles. The fourth-order valence-electron chi connectivity index (χ4n) is 0.861. The molecule has 0 radical (unpaired) electrons. The maximum absolute atomic E-state index is 10.9. The van der Waals surface area contributed by atoms with Crippen molar-refractivity contribution in [3.63, 3.8) is 0 Å². The van der Waals surface area contributed by atoms with E-state index < -0.39 is 5.97 Å². The second-order valence-corrected chi connectivity index (χ2v) is 2.68. The number of hydrogen-bond acceptors (Lipinski definition) is 5.